The van der Waals surface area contributed by atoms with Gasteiger partial charge in [-0.15, -0.1) is 11.3 Å². The van der Waals surface area contributed by atoms with E-state index in [4.69, 9.17) is 0 Å². The number of amides is 1. The first-order chi connectivity index (χ1) is 13.6. The number of aromatic nitrogens is 3. The number of thiophene rings is 1. The molecule has 0 spiro atoms. The van der Waals surface area contributed by atoms with Gasteiger partial charge in [0.05, 0.1) is 11.9 Å². The lowest BCUT2D eigenvalue weighted by Crippen LogP contribution is -2.35. The highest BCUT2D eigenvalue weighted by molar-refractivity contribution is 7.17. The van der Waals surface area contributed by atoms with Gasteiger partial charge in [0.15, 0.2) is 0 Å². The van der Waals surface area contributed by atoms with Gasteiger partial charge in [0.1, 0.15) is 9.88 Å². The van der Waals surface area contributed by atoms with E-state index in [1.807, 2.05) is 28.1 Å². The molecular formula is C20H25N5OS2. The van der Waals surface area contributed by atoms with Gasteiger partial charge >= 0.3 is 0 Å². The van der Waals surface area contributed by atoms with Crippen LogP contribution in [0.5, 0.6) is 0 Å². The van der Waals surface area contributed by atoms with Crippen molar-refractivity contribution in [2.75, 3.05) is 26.2 Å². The number of carbonyl (C=O) groups excluding carboxylic acids is 1. The minimum Gasteiger partial charge on any atom is -0.337 e. The summed E-state index contributed by atoms with van der Waals surface area (Å²) in [4.78, 5) is 22.9. The molecule has 0 radical (unpaired) electrons. The first-order valence-corrected chi connectivity index (χ1v) is 11.4. The molecule has 0 aliphatic carbocycles. The van der Waals surface area contributed by atoms with E-state index in [9.17, 15) is 4.79 Å². The number of nitrogens with zero attached hydrogens (tertiary/aromatic N) is 5. The van der Waals surface area contributed by atoms with Crippen LogP contribution in [0.3, 0.4) is 0 Å². The Bertz CT molecular complexity index is 930. The molecule has 28 heavy (non-hydrogen) atoms. The standard InChI is InChI=1S/C20H25N5OS2/c1-3-25-13-16(11-21-25)12-23-6-4-7-24(9-8-23)20(26)18-15(2)22-19(28-18)17-5-10-27-14-17/h5,10-11,13-14H,3-4,6-9,12H2,1-2H3. The Kier molecular flexibility index (Phi) is 5.89. The van der Waals surface area contributed by atoms with Crippen LogP contribution in [0.25, 0.3) is 10.6 Å². The highest BCUT2D eigenvalue weighted by Crippen LogP contribution is 2.30. The van der Waals surface area contributed by atoms with Crippen LogP contribution in [0.2, 0.25) is 0 Å². The Morgan fingerprint density at radius 3 is 2.89 bits per heavy atom. The van der Waals surface area contributed by atoms with Crippen LogP contribution in [0, 0.1) is 6.92 Å². The molecule has 0 unspecified atom stereocenters. The van der Waals surface area contributed by atoms with Gasteiger partial charge in [0, 0.05) is 62.0 Å². The van der Waals surface area contributed by atoms with Crippen LogP contribution >= 0.6 is 22.7 Å². The van der Waals surface area contributed by atoms with Gasteiger partial charge in [0.25, 0.3) is 5.91 Å². The maximum atomic E-state index is 13.1. The fraction of sp³-hybridized carbons (Fsp3) is 0.450. The molecule has 0 N–H and O–H groups in total. The topological polar surface area (TPSA) is 54.3 Å². The molecule has 0 bridgehead atoms. The van der Waals surface area contributed by atoms with Crippen molar-refractivity contribution in [1.29, 1.82) is 0 Å². The summed E-state index contributed by atoms with van der Waals surface area (Å²) in [6.45, 7) is 9.27. The van der Waals surface area contributed by atoms with E-state index < -0.39 is 0 Å². The Morgan fingerprint density at radius 2 is 2.14 bits per heavy atom. The average molecular weight is 416 g/mol. The number of carbonyl (C=O) groups is 1. The van der Waals surface area contributed by atoms with E-state index in [-0.39, 0.29) is 5.91 Å². The molecule has 1 amide bonds. The second kappa shape index (κ2) is 8.55. The lowest BCUT2D eigenvalue weighted by atomic mass is 10.3. The van der Waals surface area contributed by atoms with Crippen LogP contribution in [0.1, 0.15) is 34.3 Å². The van der Waals surface area contributed by atoms with Gasteiger partial charge in [-0.05, 0) is 31.7 Å². The zero-order valence-corrected chi connectivity index (χ0v) is 17.9. The molecule has 3 aromatic rings. The first-order valence-electron chi connectivity index (χ1n) is 9.67. The zero-order chi connectivity index (χ0) is 19.5. The fourth-order valence-electron chi connectivity index (χ4n) is 3.50. The molecule has 4 heterocycles. The average Bonchev–Trinajstić information content (AvgIpc) is 3.41. The molecular weight excluding hydrogens is 390 g/mol. The van der Waals surface area contributed by atoms with Gasteiger partial charge in [-0.2, -0.15) is 16.4 Å². The van der Waals surface area contributed by atoms with E-state index in [2.05, 4.69) is 39.5 Å². The summed E-state index contributed by atoms with van der Waals surface area (Å²) >= 11 is 3.17. The summed E-state index contributed by atoms with van der Waals surface area (Å²) in [6, 6.07) is 2.06. The molecule has 1 aliphatic heterocycles. The minimum atomic E-state index is 0.122. The molecule has 148 valence electrons. The normalized spacial score (nSPS) is 15.7. The third-order valence-corrected chi connectivity index (χ3v) is 6.93. The summed E-state index contributed by atoms with van der Waals surface area (Å²) in [5.74, 6) is 0.122. The lowest BCUT2D eigenvalue weighted by Gasteiger charge is -2.21. The van der Waals surface area contributed by atoms with E-state index in [0.29, 0.717) is 0 Å². The van der Waals surface area contributed by atoms with Crippen molar-refractivity contribution >= 4 is 28.6 Å². The minimum absolute atomic E-state index is 0.122. The van der Waals surface area contributed by atoms with Crippen molar-refractivity contribution in [3.63, 3.8) is 0 Å². The number of hydrogen-bond donors (Lipinski definition) is 0. The third-order valence-electron chi connectivity index (χ3n) is 5.05. The van der Waals surface area contributed by atoms with E-state index >= 15 is 0 Å². The highest BCUT2D eigenvalue weighted by atomic mass is 32.1. The van der Waals surface area contributed by atoms with Crippen molar-refractivity contribution in [2.45, 2.75) is 33.4 Å². The van der Waals surface area contributed by atoms with Crippen LogP contribution in [-0.2, 0) is 13.1 Å². The predicted molar refractivity (Wildman–Crippen MR) is 114 cm³/mol. The summed E-state index contributed by atoms with van der Waals surface area (Å²) in [5, 5.41) is 9.42. The van der Waals surface area contributed by atoms with E-state index in [1.54, 1.807) is 11.3 Å². The zero-order valence-electron chi connectivity index (χ0n) is 16.3. The number of aryl methyl sites for hydroxylation is 2. The molecule has 6 nitrogen and oxygen atoms in total. The Balaban J connectivity index is 1.40. The van der Waals surface area contributed by atoms with Gasteiger partial charge < -0.3 is 4.90 Å². The Labute approximate surface area is 173 Å². The SMILES string of the molecule is CCn1cc(CN2CCCN(C(=O)c3sc(-c4ccsc4)nc3C)CC2)cn1. The van der Waals surface area contributed by atoms with Crippen molar-refractivity contribution in [1.82, 2.24) is 24.6 Å². The van der Waals surface area contributed by atoms with Crippen LogP contribution in [0.4, 0.5) is 0 Å². The first kappa shape index (κ1) is 19.3. The predicted octanol–water partition coefficient (Wildman–Crippen LogP) is 3.74. The molecule has 4 rings (SSSR count). The Hall–Kier alpha value is -2.03. The third kappa shape index (κ3) is 4.19. The second-order valence-corrected chi connectivity index (χ2v) is 8.85. The smallest absolute Gasteiger partial charge is 0.265 e. The maximum Gasteiger partial charge on any atom is 0.265 e. The van der Waals surface area contributed by atoms with Gasteiger partial charge in [-0.1, -0.05) is 0 Å². The summed E-state index contributed by atoms with van der Waals surface area (Å²) in [5.41, 5.74) is 3.18. The van der Waals surface area contributed by atoms with Crippen molar-refractivity contribution in [3.05, 3.63) is 45.4 Å². The lowest BCUT2D eigenvalue weighted by molar-refractivity contribution is 0.0765. The molecule has 0 atom stereocenters. The van der Waals surface area contributed by atoms with E-state index in [0.717, 1.165) is 66.8 Å². The molecule has 8 heteroatoms. The van der Waals surface area contributed by atoms with Gasteiger partial charge in [0.2, 0.25) is 0 Å². The molecule has 0 aromatic carbocycles. The van der Waals surface area contributed by atoms with Crippen molar-refractivity contribution in [2.24, 2.45) is 0 Å². The fourth-order valence-corrected chi connectivity index (χ4v) is 5.25. The summed E-state index contributed by atoms with van der Waals surface area (Å²) < 4.78 is 1.96. The maximum absolute atomic E-state index is 13.1. The van der Waals surface area contributed by atoms with Crippen LogP contribution in [0.15, 0.2) is 29.2 Å². The molecule has 1 aliphatic rings. The summed E-state index contributed by atoms with van der Waals surface area (Å²) in [7, 11) is 0. The van der Waals surface area contributed by atoms with Gasteiger partial charge in [-0.25, -0.2) is 4.98 Å². The molecule has 1 fully saturated rings. The monoisotopic (exact) mass is 415 g/mol. The molecule has 1 saturated heterocycles. The van der Waals surface area contributed by atoms with Gasteiger partial charge in [-0.3, -0.25) is 14.4 Å². The van der Waals surface area contributed by atoms with Crippen LogP contribution in [-0.4, -0.2) is 56.7 Å². The highest BCUT2D eigenvalue weighted by Gasteiger charge is 2.24. The van der Waals surface area contributed by atoms with Crippen molar-refractivity contribution < 1.29 is 4.79 Å². The number of thiazole rings is 1. The molecule has 3 aromatic heterocycles. The van der Waals surface area contributed by atoms with E-state index in [1.165, 1.54) is 16.9 Å². The number of rotatable bonds is 5. The largest absolute Gasteiger partial charge is 0.337 e. The van der Waals surface area contributed by atoms with Crippen LogP contribution < -0.4 is 0 Å². The second-order valence-electron chi connectivity index (χ2n) is 7.07. The summed E-state index contributed by atoms with van der Waals surface area (Å²) in [6.07, 6.45) is 5.05. The quantitative estimate of drug-likeness (QED) is 0.637. The number of hydrogen-bond acceptors (Lipinski definition) is 6. The van der Waals surface area contributed by atoms with Crippen molar-refractivity contribution in [3.8, 4) is 10.6 Å². The molecule has 0 saturated carbocycles. The Morgan fingerprint density at radius 1 is 1.25 bits per heavy atom.